The van der Waals surface area contributed by atoms with Gasteiger partial charge in [0.05, 0.1) is 5.56 Å². The first-order valence-corrected chi connectivity index (χ1v) is 13.5. The fourth-order valence-electron chi connectivity index (χ4n) is 5.97. The third kappa shape index (κ3) is 2.85. The summed E-state index contributed by atoms with van der Waals surface area (Å²) in [6.07, 6.45) is 0. The number of thiophene rings is 1. The Morgan fingerprint density at radius 2 is 1.51 bits per heavy atom. The highest BCUT2D eigenvalue weighted by molar-refractivity contribution is 7.26. The van der Waals surface area contributed by atoms with Crippen LogP contribution in [0.5, 0.6) is 0 Å². The minimum Gasteiger partial charge on any atom is -0.218 e. The standard InChI is InChI=1S/C32H29N2S/c1-19(2)24-17-25(20(3)4)31-29(23-13-7-10-16-28(23)35-31)30(24)34-27-15-9-8-14-26(27)33-18-21-11-5-6-12-22(21)32(33)34/h5-17,19-20H,18H2,1-4H3/q+1. The fraction of sp³-hybridized carbons (Fsp3) is 0.219. The summed E-state index contributed by atoms with van der Waals surface area (Å²) >= 11 is 1.95. The number of para-hydroxylation sites is 2. The number of hydrogen-bond acceptors (Lipinski definition) is 1. The molecule has 6 aromatic rings. The molecule has 0 bridgehead atoms. The van der Waals surface area contributed by atoms with Crippen LogP contribution in [-0.2, 0) is 6.54 Å². The van der Waals surface area contributed by atoms with Gasteiger partial charge in [0, 0.05) is 31.3 Å². The van der Waals surface area contributed by atoms with Gasteiger partial charge >= 0.3 is 0 Å². The predicted molar refractivity (Wildman–Crippen MR) is 149 cm³/mol. The van der Waals surface area contributed by atoms with Crippen LogP contribution in [-0.4, -0.2) is 4.57 Å². The van der Waals surface area contributed by atoms with Gasteiger partial charge in [0.2, 0.25) is 0 Å². The van der Waals surface area contributed by atoms with Crippen LogP contribution in [0.25, 0.3) is 48.3 Å². The molecule has 3 heteroatoms. The largest absolute Gasteiger partial charge is 0.295 e. The number of benzene rings is 4. The van der Waals surface area contributed by atoms with Crippen molar-refractivity contribution in [3.05, 3.63) is 95.6 Å². The van der Waals surface area contributed by atoms with Crippen LogP contribution in [0.4, 0.5) is 0 Å². The van der Waals surface area contributed by atoms with Crippen LogP contribution in [0.2, 0.25) is 0 Å². The van der Waals surface area contributed by atoms with Crippen molar-refractivity contribution in [1.82, 2.24) is 4.57 Å². The number of imidazole rings is 1. The van der Waals surface area contributed by atoms with Crippen molar-refractivity contribution in [2.75, 3.05) is 0 Å². The van der Waals surface area contributed by atoms with Gasteiger partial charge in [-0.25, -0.2) is 4.57 Å². The predicted octanol–water partition coefficient (Wildman–Crippen LogP) is 8.56. The molecular weight excluding hydrogens is 444 g/mol. The van der Waals surface area contributed by atoms with Crippen LogP contribution in [0.3, 0.4) is 0 Å². The Bertz CT molecular complexity index is 1780. The molecule has 0 aliphatic carbocycles. The maximum Gasteiger partial charge on any atom is 0.295 e. The lowest BCUT2D eigenvalue weighted by molar-refractivity contribution is -0.645. The summed E-state index contributed by atoms with van der Waals surface area (Å²) in [5, 5.41) is 2.78. The SMILES string of the molecule is CC(C)c1cc(C(C)C)c2sc3ccccc3c2c1-n1c2[n+](c3ccccc31)Cc1ccccc1-2. The van der Waals surface area contributed by atoms with Gasteiger partial charge < -0.3 is 0 Å². The molecule has 7 rings (SSSR count). The van der Waals surface area contributed by atoms with E-state index >= 15 is 0 Å². The Hall–Kier alpha value is -3.43. The van der Waals surface area contributed by atoms with Gasteiger partial charge in [-0.3, -0.25) is 0 Å². The summed E-state index contributed by atoms with van der Waals surface area (Å²) in [7, 11) is 0. The van der Waals surface area contributed by atoms with E-state index in [0.29, 0.717) is 11.8 Å². The summed E-state index contributed by atoms with van der Waals surface area (Å²) in [5.74, 6) is 2.18. The zero-order chi connectivity index (χ0) is 23.8. The van der Waals surface area contributed by atoms with Crippen molar-refractivity contribution < 1.29 is 4.57 Å². The van der Waals surface area contributed by atoms with Crippen LogP contribution < -0.4 is 4.57 Å². The fourth-order valence-corrected chi connectivity index (χ4v) is 7.34. The summed E-state index contributed by atoms with van der Waals surface area (Å²) in [5.41, 5.74) is 9.59. The van der Waals surface area contributed by atoms with Crippen molar-refractivity contribution in [2.24, 2.45) is 0 Å². The summed E-state index contributed by atoms with van der Waals surface area (Å²) in [6.45, 7) is 10.3. The van der Waals surface area contributed by atoms with E-state index in [1.807, 2.05) is 11.3 Å². The molecule has 172 valence electrons. The van der Waals surface area contributed by atoms with Crippen LogP contribution >= 0.6 is 11.3 Å². The molecule has 0 saturated carbocycles. The average Bonchev–Trinajstić information content (AvgIpc) is 3.52. The molecule has 1 aliphatic heterocycles. The molecule has 2 nitrogen and oxygen atoms in total. The Kier molecular flexibility index (Phi) is 4.50. The minimum absolute atomic E-state index is 0.407. The molecule has 35 heavy (non-hydrogen) atoms. The summed E-state index contributed by atoms with van der Waals surface area (Å²) in [4.78, 5) is 0. The van der Waals surface area contributed by atoms with Gasteiger partial charge in [0.15, 0.2) is 11.0 Å². The summed E-state index contributed by atoms with van der Waals surface area (Å²) < 4.78 is 7.90. The number of hydrogen-bond donors (Lipinski definition) is 0. The van der Waals surface area contributed by atoms with Gasteiger partial charge in [-0.2, -0.15) is 4.57 Å². The highest BCUT2D eigenvalue weighted by Gasteiger charge is 2.37. The lowest BCUT2D eigenvalue weighted by atomic mass is 9.90. The maximum atomic E-state index is 2.59. The number of rotatable bonds is 3. The number of fused-ring (bicyclic) bond motifs is 8. The molecule has 0 N–H and O–H groups in total. The van der Waals surface area contributed by atoms with Gasteiger partial charge in [-0.1, -0.05) is 76.2 Å². The van der Waals surface area contributed by atoms with Crippen LogP contribution in [0.1, 0.15) is 56.2 Å². The van der Waals surface area contributed by atoms with Crippen molar-refractivity contribution in [2.45, 2.75) is 46.1 Å². The molecule has 0 radical (unpaired) electrons. The lowest BCUT2D eigenvalue weighted by Crippen LogP contribution is -2.31. The average molecular weight is 474 g/mol. The molecular formula is C32H29N2S+. The Morgan fingerprint density at radius 1 is 0.800 bits per heavy atom. The third-order valence-corrected chi connectivity index (χ3v) is 8.83. The van der Waals surface area contributed by atoms with Gasteiger partial charge in [-0.05, 0) is 47.7 Å². The molecule has 4 aromatic carbocycles. The lowest BCUT2D eigenvalue weighted by Gasteiger charge is -2.18. The van der Waals surface area contributed by atoms with Crippen molar-refractivity contribution in [3.8, 4) is 17.1 Å². The zero-order valence-corrected chi connectivity index (χ0v) is 21.5. The molecule has 0 fully saturated rings. The second-order valence-corrected chi connectivity index (χ2v) is 11.5. The van der Waals surface area contributed by atoms with E-state index < -0.39 is 0 Å². The molecule has 0 atom stereocenters. The van der Waals surface area contributed by atoms with E-state index in [1.165, 1.54) is 65.0 Å². The van der Waals surface area contributed by atoms with E-state index in [0.717, 1.165) is 6.54 Å². The second kappa shape index (κ2) is 7.53. The molecule has 0 spiro atoms. The molecule has 3 heterocycles. The Labute approximate surface area is 210 Å². The van der Waals surface area contributed by atoms with Crippen molar-refractivity contribution in [1.29, 1.82) is 0 Å². The van der Waals surface area contributed by atoms with E-state index in [2.05, 4.69) is 116 Å². The van der Waals surface area contributed by atoms with E-state index in [-0.39, 0.29) is 0 Å². The van der Waals surface area contributed by atoms with E-state index in [4.69, 9.17) is 0 Å². The first-order valence-electron chi connectivity index (χ1n) is 12.6. The monoisotopic (exact) mass is 473 g/mol. The van der Waals surface area contributed by atoms with E-state index in [9.17, 15) is 0 Å². The highest BCUT2D eigenvalue weighted by atomic mass is 32.1. The normalized spacial score (nSPS) is 13.0. The molecule has 1 aliphatic rings. The third-order valence-electron chi connectivity index (χ3n) is 7.61. The van der Waals surface area contributed by atoms with Gasteiger partial charge in [0.1, 0.15) is 12.2 Å². The molecule has 0 unspecified atom stereocenters. The van der Waals surface area contributed by atoms with Gasteiger partial charge in [0.25, 0.3) is 5.82 Å². The zero-order valence-electron chi connectivity index (χ0n) is 20.7. The van der Waals surface area contributed by atoms with E-state index in [1.54, 1.807) is 0 Å². The first kappa shape index (κ1) is 20.9. The number of aromatic nitrogens is 2. The van der Waals surface area contributed by atoms with Gasteiger partial charge in [-0.15, -0.1) is 11.3 Å². The Balaban J connectivity index is 1.74. The van der Waals surface area contributed by atoms with Crippen molar-refractivity contribution in [3.63, 3.8) is 0 Å². The minimum atomic E-state index is 0.407. The Morgan fingerprint density at radius 3 is 2.34 bits per heavy atom. The maximum absolute atomic E-state index is 2.59. The van der Waals surface area contributed by atoms with Crippen molar-refractivity contribution >= 4 is 42.5 Å². The second-order valence-electron chi connectivity index (χ2n) is 10.4. The summed E-state index contributed by atoms with van der Waals surface area (Å²) in [6, 6.07) is 29.3. The van der Waals surface area contributed by atoms with Crippen LogP contribution in [0.15, 0.2) is 78.9 Å². The molecule has 0 amide bonds. The number of nitrogens with zero attached hydrogens (tertiary/aromatic N) is 2. The quantitative estimate of drug-likeness (QED) is 0.227. The first-order chi connectivity index (χ1) is 17.0. The smallest absolute Gasteiger partial charge is 0.218 e. The highest BCUT2D eigenvalue weighted by Crippen LogP contribution is 2.47. The van der Waals surface area contributed by atoms with Crippen LogP contribution in [0, 0.1) is 0 Å². The molecule has 2 aromatic heterocycles. The topological polar surface area (TPSA) is 8.81 Å². The molecule has 0 saturated heterocycles.